The monoisotopic (exact) mass is 902 g/mol. The molecule has 4 N–H and O–H groups in total. The van der Waals surface area contributed by atoms with Gasteiger partial charge in [0.05, 0.1) is 16.1 Å². The third-order valence-corrected chi connectivity index (χ3v) is 12.5. The third kappa shape index (κ3) is 12.3. The molecule has 3 heterocycles. The molecule has 11 nitrogen and oxygen atoms in total. The first-order valence-corrected chi connectivity index (χ1v) is 23.1. The van der Waals surface area contributed by atoms with Gasteiger partial charge >= 0.3 is 0 Å². The number of aliphatic hydroxyl groups excluding tert-OH is 1. The quantitative estimate of drug-likeness (QED) is 0.0748. The zero-order valence-corrected chi connectivity index (χ0v) is 38.9. The van der Waals surface area contributed by atoms with Gasteiger partial charge < -0.3 is 30.1 Å². The summed E-state index contributed by atoms with van der Waals surface area (Å²) in [6.45, 7) is 8.58. The largest absolute Gasteiger partial charge is 0.508 e. The number of allylic oxidation sites excluding steroid dienone is 1. The number of H-pyrrole nitrogens is 1. The number of likely N-dealkylation sites (N-methyl/N-ethyl adjacent to an activating group) is 1. The summed E-state index contributed by atoms with van der Waals surface area (Å²) in [5, 5.41) is 32.4. The number of nitrogens with zero attached hydrogens (tertiary/aromatic N) is 4. The first-order valence-electron chi connectivity index (χ1n) is 22.3. The van der Waals surface area contributed by atoms with Crippen LogP contribution in [0.2, 0.25) is 0 Å². The van der Waals surface area contributed by atoms with Crippen LogP contribution in [0.1, 0.15) is 62.1 Å². The van der Waals surface area contributed by atoms with Crippen molar-refractivity contribution in [1.82, 2.24) is 24.9 Å². The number of aliphatic hydroxyl groups is 1. The van der Waals surface area contributed by atoms with Crippen molar-refractivity contribution in [3.05, 3.63) is 177 Å². The molecule has 7 aromatic rings. The Hall–Kier alpha value is -6.83. The van der Waals surface area contributed by atoms with Crippen LogP contribution in [0.15, 0.2) is 133 Å². The number of aromatic hydroxyl groups is 1. The van der Waals surface area contributed by atoms with Gasteiger partial charge in [-0.2, -0.15) is 5.10 Å². The van der Waals surface area contributed by atoms with E-state index in [2.05, 4.69) is 74.7 Å². The third-order valence-electron chi connectivity index (χ3n) is 11.5. The molecule has 1 saturated heterocycles. The van der Waals surface area contributed by atoms with E-state index in [0.29, 0.717) is 31.1 Å². The fourth-order valence-corrected chi connectivity index (χ4v) is 8.73. The molecule has 0 unspecified atom stereocenters. The van der Waals surface area contributed by atoms with Crippen molar-refractivity contribution in [2.75, 3.05) is 65.3 Å². The number of amides is 2. The van der Waals surface area contributed by atoms with Crippen molar-refractivity contribution in [2.45, 2.75) is 26.8 Å². The number of carbonyl (C=O) groups excluding carboxylic acids is 2. The summed E-state index contributed by atoms with van der Waals surface area (Å²) in [6.07, 6.45) is 4.83. The van der Waals surface area contributed by atoms with Crippen molar-refractivity contribution in [1.29, 1.82) is 0 Å². The number of nitrogens with one attached hydrogen (secondary N) is 2. The number of para-hydroxylation sites is 1. The highest BCUT2D eigenvalue weighted by Crippen LogP contribution is 2.36. The number of benzene rings is 5. The van der Waals surface area contributed by atoms with Crippen LogP contribution in [0, 0.1) is 6.92 Å². The van der Waals surface area contributed by atoms with E-state index in [1.54, 1.807) is 17.0 Å². The van der Waals surface area contributed by atoms with E-state index in [1.165, 1.54) is 28.0 Å². The van der Waals surface area contributed by atoms with Gasteiger partial charge in [0, 0.05) is 50.3 Å². The second-order valence-corrected chi connectivity index (χ2v) is 17.3. The van der Waals surface area contributed by atoms with Gasteiger partial charge in [-0.25, -0.2) is 0 Å². The van der Waals surface area contributed by atoms with Gasteiger partial charge in [0.1, 0.15) is 24.7 Å². The van der Waals surface area contributed by atoms with Crippen LogP contribution in [0.25, 0.3) is 34.2 Å². The fourth-order valence-electron chi connectivity index (χ4n) is 7.91. The number of fused-ring (bicyclic) bond motifs is 1. The molecular weight excluding hydrogens is 845 g/mol. The molecule has 12 heteroatoms. The Balaban J connectivity index is 0.000000203. The first kappa shape index (κ1) is 47.1. The maximum Gasteiger partial charge on any atom is 0.266 e. The van der Waals surface area contributed by atoms with Crippen LogP contribution in [-0.4, -0.2) is 107 Å². The number of phenols is 1. The van der Waals surface area contributed by atoms with Gasteiger partial charge in [-0.15, -0.1) is 11.3 Å². The van der Waals surface area contributed by atoms with Crippen molar-refractivity contribution in [3.8, 4) is 11.5 Å². The van der Waals surface area contributed by atoms with Crippen molar-refractivity contribution in [3.63, 3.8) is 0 Å². The normalized spacial score (nSPS) is 13.4. The van der Waals surface area contributed by atoms with Crippen LogP contribution < -0.4 is 10.1 Å². The molecule has 0 atom stereocenters. The number of hydrogen-bond acceptors (Lipinski definition) is 9. The summed E-state index contributed by atoms with van der Waals surface area (Å²) in [5.74, 6) is 0.795. The minimum absolute atomic E-state index is 0.124. The highest BCUT2D eigenvalue weighted by Gasteiger charge is 2.21. The maximum atomic E-state index is 13.1. The number of piperazine rings is 1. The number of aromatic amines is 1. The SMILES string of the molecule is CC/C(=C(\c1ccc(O)cc1)c1ccc(OCCN(C)C)cc1)c1ccccc1.Cc1ccsc1C(=O)Nc1cc(CN2CCN(C(=O)CO)CC2)ccc1/C=C/c1n[nH]c2ccccc12. The molecule has 2 amide bonds. The van der Waals surface area contributed by atoms with E-state index in [-0.39, 0.29) is 17.6 Å². The molecule has 0 aliphatic carbocycles. The predicted octanol–water partition coefficient (Wildman–Crippen LogP) is 9.69. The lowest BCUT2D eigenvalue weighted by Crippen LogP contribution is -2.49. The lowest BCUT2D eigenvalue weighted by molar-refractivity contribution is -0.136. The van der Waals surface area contributed by atoms with Crippen LogP contribution in [0.5, 0.6) is 11.5 Å². The van der Waals surface area contributed by atoms with Gasteiger partial charge in [0.25, 0.3) is 5.91 Å². The van der Waals surface area contributed by atoms with Gasteiger partial charge in [-0.05, 0) is 126 Å². The summed E-state index contributed by atoms with van der Waals surface area (Å²) in [7, 11) is 4.08. The number of thiophene rings is 1. The van der Waals surface area contributed by atoms with Gasteiger partial charge in [0.15, 0.2) is 0 Å². The number of ether oxygens (including phenoxy) is 1. The number of phenolic OH excluding ortho intramolecular Hbond substituents is 1. The second kappa shape index (κ2) is 22.9. The summed E-state index contributed by atoms with van der Waals surface area (Å²) in [6, 6.07) is 42.2. The van der Waals surface area contributed by atoms with Crippen molar-refractivity contribution < 1.29 is 24.5 Å². The zero-order chi connectivity index (χ0) is 46.4. The second-order valence-electron chi connectivity index (χ2n) is 16.4. The average molecular weight is 903 g/mol. The zero-order valence-electron chi connectivity index (χ0n) is 38.0. The molecule has 0 spiro atoms. The summed E-state index contributed by atoms with van der Waals surface area (Å²) in [4.78, 5) is 31.6. The van der Waals surface area contributed by atoms with Gasteiger partial charge in [0.2, 0.25) is 5.91 Å². The van der Waals surface area contributed by atoms with Crippen LogP contribution >= 0.6 is 11.3 Å². The molecule has 1 fully saturated rings. The topological polar surface area (TPSA) is 134 Å². The molecule has 1 aliphatic rings. The molecule has 8 rings (SSSR count). The standard InChI is InChI=1S/C28H29N5O3S.C26H29NO2/c1-19-10-15-37-27(19)28(36)29-25-16-20(17-32-11-13-33(14-12-32)26(35)18-34)6-7-21(25)8-9-24-22-4-2-3-5-23(22)30-31-24;1-4-25(20-8-6-5-7-9-20)26(21-10-14-23(28)15-11-21)22-12-16-24(17-13-22)29-19-18-27(2)3/h2-10,15-16,34H,11-14,17-18H2,1H3,(H,29,36)(H,30,31);5-17,28H,4,18-19H2,1-3H3/b9-8+;26-25-. The summed E-state index contributed by atoms with van der Waals surface area (Å²) in [5.41, 5.74) is 11.3. The van der Waals surface area contributed by atoms with Crippen LogP contribution in [0.3, 0.4) is 0 Å². The Kier molecular flexibility index (Phi) is 16.3. The number of hydrogen-bond donors (Lipinski definition) is 4. The smallest absolute Gasteiger partial charge is 0.266 e. The number of anilines is 1. The Morgan fingerprint density at radius 2 is 1.55 bits per heavy atom. The summed E-state index contributed by atoms with van der Waals surface area (Å²) < 4.78 is 5.85. The predicted molar refractivity (Wildman–Crippen MR) is 269 cm³/mol. The maximum absolute atomic E-state index is 13.1. The summed E-state index contributed by atoms with van der Waals surface area (Å²) >= 11 is 1.43. The number of aryl methyl sites for hydroxylation is 1. The highest BCUT2D eigenvalue weighted by atomic mass is 32.1. The number of aromatic nitrogens is 2. The van der Waals surface area contributed by atoms with E-state index in [4.69, 9.17) is 9.84 Å². The molecule has 1 aliphatic heterocycles. The molecule has 340 valence electrons. The van der Waals surface area contributed by atoms with E-state index < -0.39 is 6.61 Å². The van der Waals surface area contributed by atoms with E-state index >= 15 is 0 Å². The number of carbonyl (C=O) groups is 2. The lowest BCUT2D eigenvalue weighted by Gasteiger charge is -2.34. The first-order chi connectivity index (χ1) is 32.1. The minimum Gasteiger partial charge on any atom is -0.508 e. The van der Waals surface area contributed by atoms with E-state index in [0.717, 1.165) is 81.9 Å². The minimum atomic E-state index is -0.449. The Morgan fingerprint density at radius 3 is 2.21 bits per heavy atom. The van der Waals surface area contributed by atoms with Gasteiger partial charge in [-0.1, -0.05) is 97.9 Å². The molecule has 5 aromatic carbocycles. The Bertz CT molecular complexity index is 2750. The fraction of sp³-hybridized carbons (Fsp3) is 0.241. The van der Waals surface area contributed by atoms with E-state index in [9.17, 15) is 14.7 Å². The van der Waals surface area contributed by atoms with Crippen molar-refractivity contribution >= 4 is 63.0 Å². The Morgan fingerprint density at radius 1 is 0.848 bits per heavy atom. The van der Waals surface area contributed by atoms with Crippen LogP contribution in [-0.2, 0) is 11.3 Å². The van der Waals surface area contributed by atoms with Crippen molar-refractivity contribution in [2.24, 2.45) is 0 Å². The Labute approximate surface area is 391 Å². The van der Waals surface area contributed by atoms with E-state index in [1.807, 2.05) is 111 Å². The van der Waals surface area contributed by atoms with Crippen LogP contribution in [0.4, 0.5) is 5.69 Å². The molecule has 0 saturated carbocycles. The average Bonchev–Trinajstić information content (AvgIpc) is 3.97. The highest BCUT2D eigenvalue weighted by molar-refractivity contribution is 7.12. The molecule has 66 heavy (non-hydrogen) atoms. The number of rotatable bonds is 15. The molecule has 0 radical (unpaired) electrons. The van der Waals surface area contributed by atoms with Gasteiger partial charge in [-0.3, -0.25) is 19.6 Å². The molecule has 2 aromatic heterocycles. The lowest BCUT2D eigenvalue weighted by atomic mass is 9.88. The molecular formula is C54H58N6O5S. The molecule has 0 bridgehead atoms.